The number of amides is 1. The van der Waals surface area contributed by atoms with Gasteiger partial charge in [-0.15, -0.1) is 0 Å². The maximum absolute atomic E-state index is 12.7. The molecule has 3 rings (SSSR count). The van der Waals surface area contributed by atoms with E-state index in [4.69, 9.17) is 4.74 Å². The zero-order valence-electron chi connectivity index (χ0n) is 14.6. The van der Waals surface area contributed by atoms with Gasteiger partial charge >= 0.3 is 0 Å². The Kier molecular flexibility index (Phi) is 5.59. The summed E-state index contributed by atoms with van der Waals surface area (Å²) < 4.78 is 5.44. The normalized spacial score (nSPS) is 16.8. The number of carbonyl (C=O) groups excluding carboxylic acids is 1. The quantitative estimate of drug-likeness (QED) is 0.875. The van der Waals surface area contributed by atoms with Crippen molar-refractivity contribution < 1.29 is 14.6 Å². The molecular formula is C21H25NO3. The highest BCUT2D eigenvalue weighted by atomic mass is 16.5. The van der Waals surface area contributed by atoms with Crippen molar-refractivity contribution in [2.45, 2.75) is 38.1 Å². The molecule has 4 heteroatoms. The van der Waals surface area contributed by atoms with Crippen LogP contribution in [-0.2, 0) is 17.6 Å². The van der Waals surface area contributed by atoms with Crippen LogP contribution in [0.15, 0.2) is 48.5 Å². The van der Waals surface area contributed by atoms with Crippen molar-refractivity contribution in [2.75, 3.05) is 13.7 Å². The fourth-order valence-electron chi connectivity index (χ4n) is 3.61. The standard InChI is InChI=1S/C21H25NO3/c1-25-20-11-5-3-8-17(20)15-18-9-6-14-22(18)21(24)13-12-16-7-2-4-10-19(16)23/h2-5,7-8,10-11,18,23H,6,9,12-15H2,1H3. The molecule has 0 aliphatic carbocycles. The van der Waals surface area contributed by atoms with Gasteiger partial charge in [0.25, 0.3) is 0 Å². The monoisotopic (exact) mass is 339 g/mol. The number of phenols is 1. The SMILES string of the molecule is COc1ccccc1CC1CCCN1C(=O)CCc1ccccc1O. The Morgan fingerprint density at radius 2 is 1.88 bits per heavy atom. The summed E-state index contributed by atoms with van der Waals surface area (Å²) in [5.41, 5.74) is 1.98. The van der Waals surface area contributed by atoms with Crippen LogP contribution >= 0.6 is 0 Å². The summed E-state index contributed by atoms with van der Waals surface area (Å²) in [4.78, 5) is 14.7. The van der Waals surface area contributed by atoms with Gasteiger partial charge in [0, 0.05) is 19.0 Å². The second-order valence-electron chi connectivity index (χ2n) is 6.53. The number of aryl methyl sites for hydroxylation is 1. The van der Waals surface area contributed by atoms with Crippen molar-refractivity contribution in [1.29, 1.82) is 0 Å². The molecule has 1 amide bonds. The van der Waals surface area contributed by atoms with E-state index in [1.165, 1.54) is 0 Å². The first-order valence-electron chi connectivity index (χ1n) is 8.87. The van der Waals surface area contributed by atoms with E-state index in [2.05, 4.69) is 6.07 Å². The zero-order chi connectivity index (χ0) is 17.6. The summed E-state index contributed by atoms with van der Waals surface area (Å²) in [6.45, 7) is 0.819. The number of likely N-dealkylation sites (tertiary alicyclic amines) is 1. The van der Waals surface area contributed by atoms with Crippen molar-refractivity contribution in [3.8, 4) is 11.5 Å². The van der Waals surface area contributed by atoms with E-state index in [-0.39, 0.29) is 17.7 Å². The summed E-state index contributed by atoms with van der Waals surface area (Å²) in [5, 5.41) is 9.85. The molecule has 25 heavy (non-hydrogen) atoms. The number of ether oxygens (including phenoxy) is 1. The first-order chi connectivity index (χ1) is 12.2. The van der Waals surface area contributed by atoms with Crippen LogP contribution in [-0.4, -0.2) is 35.6 Å². The summed E-state index contributed by atoms with van der Waals surface area (Å²) in [6.07, 6.45) is 3.90. The molecule has 132 valence electrons. The van der Waals surface area contributed by atoms with Gasteiger partial charge in [0.2, 0.25) is 5.91 Å². The van der Waals surface area contributed by atoms with E-state index in [9.17, 15) is 9.90 Å². The number of aromatic hydroxyl groups is 1. The number of hydrogen-bond acceptors (Lipinski definition) is 3. The van der Waals surface area contributed by atoms with E-state index in [0.717, 1.165) is 42.7 Å². The Hall–Kier alpha value is -2.49. The lowest BCUT2D eigenvalue weighted by molar-refractivity contribution is -0.131. The molecule has 2 aromatic rings. The van der Waals surface area contributed by atoms with Crippen LogP contribution in [0.1, 0.15) is 30.4 Å². The lowest BCUT2D eigenvalue weighted by Crippen LogP contribution is -2.37. The number of nitrogens with zero attached hydrogens (tertiary/aromatic N) is 1. The van der Waals surface area contributed by atoms with Gasteiger partial charge < -0.3 is 14.7 Å². The average Bonchev–Trinajstić information content (AvgIpc) is 3.09. The molecule has 0 spiro atoms. The number of benzene rings is 2. The summed E-state index contributed by atoms with van der Waals surface area (Å²) in [5.74, 6) is 1.32. The Bertz CT molecular complexity index is 729. The predicted octanol–water partition coefficient (Wildman–Crippen LogP) is 3.57. The van der Waals surface area contributed by atoms with Gasteiger partial charge in [-0.3, -0.25) is 4.79 Å². The zero-order valence-corrected chi connectivity index (χ0v) is 14.6. The van der Waals surface area contributed by atoms with Gasteiger partial charge in [-0.2, -0.15) is 0 Å². The topological polar surface area (TPSA) is 49.8 Å². The second kappa shape index (κ2) is 8.06. The largest absolute Gasteiger partial charge is 0.508 e. The fourth-order valence-corrected chi connectivity index (χ4v) is 3.61. The molecule has 1 saturated heterocycles. The minimum atomic E-state index is 0.167. The number of carbonyl (C=O) groups is 1. The molecule has 1 aliphatic rings. The van der Waals surface area contributed by atoms with Crippen molar-refractivity contribution >= 4 is 5.91 Å². The molecule has 1 atom stereocenters. The summed E-state index contributed by atoms with van der Waals surface area (Å²) >= 11 is 0. The van der Waals surface area contributed by atoms with Crippen molar-refractivity contribution in [1.82, 2.24) is 4.90 Å². The summed E-state index contributed by atoms with van der Waals surface area (Å²) in [7, 11) is 1.68. The van der Waals surface area contributed by atoms with Gasteiger partial charge in [-0.1, -0.05) is 36.4 Å². The minimum Gasteiger partial charge on any atom is -0.508 e. The van der Waals surface area contributed by atoms with Gasteiger partial charge in [0.05, 0.1) is 7.11 Å². The van der Waals surface area contributed by atoms with Crippen LogP contribution < -0.4 is 4.74 Å². The lowest BCUT2D eigenvalue weighted by atomic mass is 10.0. The molecule has 1 aliphatic heterocycles. The highest BCUT2D eigenvalue weighted by Crippen LogP contribution is 2.27. The molecule has 0 saturated carbocycles. The van der Waals surface area contributed by atoms with Crippen LogP contribution in [0.3, 0.4) is 0 Å². The van der Waals surface area contributed by atoms with E-state index in [1.54, 1.807) is 19.2 Å². The van der Waals surface area contributed by atoms with E-state index < -0.39 is 0 Å². The third-order valence-corrected chi connectivity index (χ3v) is 4.95. The fraction of sp³-hybridized carbons (Fsp3) is 0.381. The van der Waals surface area contributed by atoms with Crippen LogP contribution in [0.4, 0.5) is 0 Å². The van der Waals surface area contributed by atoms with Crippen LogP contribution in [0.2, 0.25) is 0 Å². The molecule has 0 aromatic heterocycles. The molecule has 0 radical (unpaired) electrons. The van der Waals surface area contributed by atoms with Gasteiger partial charge in [-0.25, -0.2) is 0 Å². The molecule has 1 unspecified atom stereocenters. The maximum atomic E-state index is 12.7. The Morgan fingerprint density at radius 1 is 1.16 bits per heavy atom. The highest BCUT2D eigenvalue weighted by Gasteiger charge is 2.29. The van der Waals surface area contributed by atoms with Crippen LogP contribution in [0, 0.1) is 0 Å². The minimum absolute atomic E-state index is 0.167. The van der Waals surface area contributed by atoms with Gasteiger partial charge in [0.1, 0.15) is 11.5 Å². The van der Waals surface area contributed by atoms with E-state index >= 15 is 0 Å². The maximum Gasteiger partial charge on any atom is 0.223 e. The van der Waals surface area contributed by atoms with Gasteiger partial charge in [0.15, 0.2) is 0 Å². The Morgan fingerprint density at radius 3 is 2.64 bits per heavy atom. The number of phenolic OH excluding ortho intramolecular Hbond substituents is 1. The average molecular weight is 339 g/mol. The van der Waals surface area contributed by atoms with E-state index in [1.807, 2.05) is 35.2 Å². The first-order valence-corrected chi connectivity index (χ1v) is 8.87. The third-order valence-electron chi connectivity index (χ3n) is 4.95. The number of hydrogen-bond donors (Lipinski definition) is 1. The smallest absolute Gasteiger partial charge is 0.223 e. The highest BCUT2D eigenvalue weighted by molar-refractivity contribution is 5.77. The van der Waals surface area contributed by atoms with Gasteiger partial charge in [-0.05, 0) is 48.9 Å². The third kappa shape index (κ3) is 4.13. The second-order valence-corrected chi connectivity index (χ2v) is 6.53. The number of para-hydroxylation sites is 2. The molecular weight excluding hydrogens is 314 g/mol. The van der Waals surface area contributed by atoms with E-state index in [0.29, 0.717) is 12.8 Å². The first kappa shape index (κ1) is 17.3. The van der Waals surface area contributed by atoms with Crippen LogP contribution in [0.25, 0.3) is 0 Å². The molecule has 0 bridgehead atoms. The molecule has 4 nitrogen and oxygen atoms in total. The predicted molar refractivity (Wildman–Crippen MR) is 97.9 cm³/mol. The number of rotatable bonds is 6. The van der Waals surface area contributed by atoms with Crippen molar-refractivity contribution in [3.05, 3.63) is 59.7 Å². The Labute approximate surface area is 149 Å². The molecule has 2 aromatic carbocycles. The molecule has 1 N–H and O–H groups in total. The molecule has 1 heterocycles. The van der Waals surface area contributed by atoms with Crippen molar-refractivity contribution in [2.24, 2.45) is 0 Å². The Balaban J connectivity index is 1.63. The molecule has 1 fully saturated rings. The van der Waals surface area contributed by atoms with Crippen molar-refractivity contribution in [3.63, 3.8) is 0 Å². The van der Waals surface area contributed by atoms with Crippen LogP contribution in [0.5, 0.6) is 11.5 Å². The number of methoxy groups -OCH3 is 1. The summed E-state index contributed by atoms with van der Waals surface area (Å²) in [6, 6.07) is 15.5. The lowest BCUT2D eigenvalue weighted by Gasteiger charge is -2.25.